The Bertz CT molecular complexity index is 330. The molecule has 2 nitrogen and oxygen atoms in total. The second-order valence-corrected chi connectivity index (χ2v) is 4.28. The van der Waals surface area contributed by atoms with E-state index in [1.54, 1.807) is 23.9 Å². The number of aromatic carboxylic acids is 1. The molecule has 15 heavy (non-hydrogen) atoms. The van der Waals surface area contributed by atoms with Crippen molar-refractivity contribution in [2.24, 2.45) is 0 Å². The van der Waals surface area contributed by atoms with Crippen LogP contribution in [-0.2, 0) is 0 Å². The van der Waals surface area contributed by atoms with Gasteiger partial charge in [-0.05, 0) is 42.9 Å². The van der Waals surface area contributed by atoms with Gasteiger partial charge in [0, 0.05) is 4.90 Å². The number of hydrogen-bond donors (Lipinski definition) is 1. The van der Waals surface area contributed by atoms with Gasteiger partial charge < -0.3 is 5.11 Å². The number of carboxylic acids is 1. The number of benzene rings is 1. The lowest BCUT2D eigenvalue weighted by atomic mass is 10.2. The lowest BCUT2D eigenvalue weighted by molar-refractivity contribution is 0.0697. The van der Waals surface area contributed by atoms with Crippen molar-refractivity contribution < 1.29 is 9.90 Å². The van der Waals surface area contributed by atoms with Crippen LogP contribution in [-0.4, -0.2) is 16.8 Å². The van der Waals surface area contributed by atoms with Gasteiger partial charge in [0.15, 0.2) is 0 Å². The highest BCUT2D eigenvalue weighted by Gasteiger charge is 2.01. The molecule has 3 heteroatoms. The van der Waals surface area contributed by atoms with E-state index in [0.29, 0.717) is 5.56 Å². The molecule has 0 fully saturated rings. The number of carboxylic acid groups (broad SMARTS) is 1. The monoisotopic (exact) mass is 222 g/mol. The third-order valence-corrected chi connectivity index (χ3v) is 3.02. The minimum absolute atomic E-state index is 0.338. The molecule has 0 aromatic heterocycles. The van der Waals surface area contributed by atoms with Crippen molar-refractivity contribution in [3.8, 4) is 0 Å². The Morgan fingerprint density at radius 2 is 2.07 bits per heavy atom. The highest BCUT2D eigenvalue weighted by Crippen LogP contribution is 2.19. The first-order valence-corrected chi connectivity index (χ1v) is 5.79. The Hall–Kier alpha value is -1.22. The van der Waals surface area contributed by atoms with E-state index in [1.165, 1.54) is 0 Å². The number of rotatable bonds is 6. The largest absolute Gasteiger partial charge is 0.478 e. The number of hydrogen-bond acceptors (Lipinski definition) is 2. The van der Waals surface area contributed by atoms with Crippen molar-refractivity contribution in [3.05, 3.63) is 42.5 Å². The van der Waals surface area contributed by atoms with E-state index >= 15 is 0 Å². The molecule has 1 rings (SSSR count). The van der Waals surface area contributed by atoms with Gasteiger partial charge >= 0.3 is 5.97 Å². The maximum Gasteiger partial charge on any atom is 0.335 e. The summed E-state index contributed by atoms with van der Waals surface area (Å²) in [5.41, 5.74) is 0.338. The summed E-state index contributed by atoms with van der Waals surface area (Å²) in [5, 5.41) is 8.70. The molecule has 1 N–H and O–H groups in total. The molecule has 0 saturated carbocycles. The highest BCUT2D eigenvalue weighted by atomic mass is 32.2. The second kappa shape index (κ2) is 6.30. The fourth-order valence-electron chi connectivity index (χ4n) is 1.11. The van der Waals surface area contributed by atoms with Gasteiger partial charge in [0.05, 0.1) is 5.56 Å². The van der Waals surface area contributed by atoms with Gasteiger partial charge in [-0.1, -0.05) is 6.08 Å². The van der Waals surface area contributed by atoms with E-state index in [1.807, 2.05) is 18.2 Å². The summed E-state index contributed by atoms with van der Waals surface area (Å²) < 4.78 is 0. The number of unbranched alkanes of at least 4 members (excludes halogenated alkanes) is 1. The van der Waals surface area contributed by atoms with Crippen molar-refractivity contribution in [1.29, 1.82) is 0 Å². The summed E-state index contributed by atoms with van der Waals surface area (Å²) >= 11 is 1.74. The van der Waals surface area contributed by atoms with Crippen LogP contribution in [0.1, 0.15) is 23.2 Å². The zero-order chi connectivity index (χ0) is 11.1. The SMILES string of the molecule is C=CCCCSc1ccc(C(=O)O)cc1. The highest BCUT2D eigenvalue weighted by molar-refractivity contribution is 7.99. The molecule has 0 aliphatic rings. The van der Waals surface area contributed by atoms with Gasteiger partial charge in [-0.25, -0.2) is 4.79 Å². The Balaban J connectivity index is 2.42. The fourth-order valence-corrected chi connectivity index (χ4v) is 1.99. The van der Waals surface area contributed by atoms with Crippen LogP contribution in [0.15, 0.2) is 41.8 Å². The van der Waals surface area contributed by atoms with Gasteiger partial charge in [0.2, 0.25) is 0 Å². The Morgan fingerprint density at radius 1 is 1.40 bits per heavy atom. The Kier molecular flexibility index (Phi) is 4.98. The van der Waals surface area contributed by atoms with Crippen molar-refractivity contribution in [2.45, 2.75) is 17.7 Å². The zero-order valence-corrected chi connectivity index (χ0v) is 9.30. The van der Waals surface area contributed by atoms with Crippen molar-refractivity contribution in [1.82, 2.24) is 0 Å². The Morgan fingerprint density at radius 3 is 2.60 bits per heavy atom. The standard InChI is InChI=1S/C12H14O2S/c1-2-3-4-9-15-11-7-5-10(6-8-11)12(13)14/h2,5-8H,1,3-4,9H2,(H,13,14). The van der Waals surface area contributed by atoms with E-state index in [9.17, 15) is 4.79 Å². The third-order valence-electron chi connectivity index (χ3n) is 1.92. The minimum atomic E-state index is -0.877. The molecule has 0 unspecified atom stereocenters. The molecule has 1 aromatic rings. The first-order valence-electron chi connectivity index (χ1n) is 4.81. The molecule has 80 valence electrons. The summed E-state index contributed by atoms with van der Waals surface area (Å²) in [4.78, 5) is 11.7. The van der Waals surface area contributed by atoms with Gasteiger partial charge in [-0.2, -0.15) is 0 Å². The van der Waals surface area contributed by atoms with Crippen LogP contribution in [0.3, 0.4) is 0 Å². The van der Waals surface area contributed by atoms with Crippen molar-refractivity contribution in [3.63, 3.8) is 0 Å². The zero-order valence-electron chi connectivity index (χ0n) is 8.48. The lowest BCUT2D eigenvalue weighted by Crippen LogP contribution is -1.94. The normalized spacial score (nSPS) is 9.87. The van der Waals surface area contributed by atoms with Crippen LogP contribution in [0, 0.1) is 0 Å². The van der Waals surface area contributed by atoms with E-state index in [2.05, 4.69) is 6.58 Å². The predicted octanol–water partition coefficient (Wildman–Crippen LogP) is 3.44. The molecule has 0 spiro atoms. The maximum atomic E-state index is 10.6. The van der Waals surface area contributed by atoms with E-state index < -0.39 is 5.97 Å². The van der Waals surface area contributed by atoms with Crippen molar-refractivity contribution >= 4 is 17.7 Å². The molecule has 0 aliphatic carbocycles. The second-order valence-electron chi connectivity index (χ2n) is 3.11. The third kappa shape index (κ3) is 4.21. The molecule has 0 saturated heterocycles. The Labute approximate surface area is 94.0 Å². The van der Waals surface area contributed by atoms with Crippen LogP contribution in [0.2, 0.25) is 0 Å². The number of carbonyl (C=O) groups is 1. The summed E-state index contributed by atoms with van der Waals surface area (Å²) in [6.07, 6.45) is 4.04. The molecule has 0 aliphatic heterocycles. The number of allylic oxidation sites excluding steroid dienone is 1. The van der Waals surface area contributed by atoms with Crippen LogP contribution in [0.25, 0.3) is 0 Å². The van der Waals surface area contributed by atoms with Crippen LogP contribution in [0.4, 0.5) is 0 Å². The number of thioether (sulfide) groups is 1. The van der Waals surface area contributed by atoms with E-state index in [4.69, 9.17) is 5.11 Å². The maximum absolute atomic E-state index is 10.6. The van der Waals surface area contributed by atoms with Gasteiger partial charge in [0.25, 0.3) is 0 Å². The van der Waals surface area contributed by atoms with Crippen LogP contribution < -0.4 is 0 Å². The summed E-state index contributed by atoms with van der Waals surface area (Å²) in [5.74, 6) is 0.163. The van der Waals surface area contributed by atoms with Gasteiger partial charge in [0.1, 0.15) is 0 Å². The van der Waals surface area contributed by atoms with Gasteiger partial charge in [-0.15, -0.1) is 18.3 Å². The molecule has 0 amide bonds. The molecular formula is C12H14O2S. The molecular weight excluding hydrogens is 208 g/mol. The van der Waals surface area contributed by atoms with E-state index in [0.717, 1.165) is 23.5 Å². The molecule has 0 bridgehead atoms. The topological polar surface area (TPSA) is 37.3 Å². The first kappa shape index (κ1) is 11.9. The first-order chi connectivity index (χ1) is 7.24. The lowest BCUT2D eigenvalue weighted by Gasteiger charge is -2.00. The molecule has 1 aromatic carbocycles. The van der Waals surface area contributed by atoms with Crippen LogP contribution in [0.5, 0.6) is 0 Å². The van der Waals surface area contributed by atoms with Crippen molar-refractivity contribution in [2.75, 3.05) is 5.75 Å². The average Bonchev–Trinajstić information content (AvgIpc) is 2.25. The predicted molar refractivity (Wildman–Crippen MR) is 63.6 cm³/mol. The fraction of sp³-hybridized carbons (Fsp3) is 0.250. The summed E-state index contributed by atoms with van der Waals surface area (Å²) in [7, 11) is 0. The van der Waals surface area contributed by atoms with Gasteiger partial charge in [-0.3, -0.25) is 0 Å². The molecule has 0 radical (unpaired) electrons. The average molecular weight is 222 g/mol. The summed E-state index contributed by atoms with van der Waals surface area (Å²) in [6.45, 7) is 3.66. The minimum Gasteiger partial charge on any atom is -0.478 e. The summed E-state index contributed by atoms with van der Waals surface area (Å²) in [6, 6.07) is 6.97. The molecule has 0 atom stereocenters. The van der Waals surface area contributed by atoms with E-state index in [-0.39, 0.29) is 0 Å². The molecule has 0 heterocycles. The smallest absolute Gasteiger partial charge is 0.335 e. The van der Waals surface area contributed by atoms with Crippen LogP contribution >= 0.6 is 11.8 Å². The quantitative estimate of drug-likeness (QED) is 0.455.